The molecule has 1 fully saturated rings. The van der Waals surface area contributed by atoms with E-state index in [1.54, 1.807) is 19.1 Å². The summed E-state index contributed by atoms with van der Waals surface area (Å²) in [6.07, 6.45) is 3.56. The summed E-state index contributed by atoms with van der Waals surface area (Å²) in [6, 6.07) is 11.3. The minimum absolute atomic E-state index is 0.217. The molecule has 0 unspecified atom stereocenters. The van der Waals surface area contributed by atoms with Crippen molar-refractivity contribution in [2.75, 3.05) is 33.8 Å². The van der Waals surface area contributed by atoms with E-state index in [-0.39, 0.29) is 5.69 Å². The lowest BCUT2D eigenvalue weighted by molar-refractivity contribution is -0.113. The van der Waals surface area contributed by atoms with Crippen molar-refractivity contribution in [3.63, 3.8) is 0 Å². The molecule has 0 aliphatic carbocycles. The van der Waals surface area contributed by atoms with Gasteiger partial charge in [0.1, 0.15) is 11.6 Å². The highest BCUT2D eigenvalue weighted by molar-refractivity contribution is 7.93. The van der Waals surface area contributed by atoms with Gasteiger partial charge in [-0.15, -0.1) is 0 Å². The number of rotatable bonds is 6. The monoisotopic (exact) mass is 405 g/mol. The first kappa shape index (κ1) is 20.1. The van der Waals surface area contributed by atoms with Gasteiger partial charge >= 0.3 is 0 Å². The highest BCUT2D eigenvalue weighted by Gasteiger charge is 2.18. The average molecular weight is 405 g/mol. The predicted molar refractivity (Wildman–Crippen MR) is 110 cm³/mol. The van der Waals surface area contributed by atoms with Gasteiger partial charge in [-0.05, 0) is 68.1 Å². The molecule has 2 aromatic carbocycles. The number of aryl methyl sites for hydroxylation is 1. The second-order valence-electron chi connectivity index (χ2n) is 6.97. The molecule has 0 spiro atoms. The van der Waals surface area contributed by atoms with Crippen LogP contribution in [0.1, 0.15) is 24.8 Å². The van der Waals surface area contributed by atoms with Crippen molar-refractivity contribution < 1.29 is 17.6 Å². The molecule has 0 aromatic heterocycles. The first-order valence-electron chi connectivity index (χ1n) is 9.24. The van der Waals surface area contributed by atoms with E-state index in [0.717, 1.165) is 37.7 Å². The van der Waals surface area contributed by atoms with E-state index in [1.807, 2.05) is 12.1 Å². The molecule has 2 N–H and O–H groups in total. The predicted octanol–water partition coefficient (Wildman–Crippen LogP) is 3.50. The fourth-order valence-electron chi connectivity index (χ4n) is 3.15. The number of hydrogen-bond donors (Lipinski definition) is 2. The number of amides is 1. The Morgan fingerprint density at radius 2 is 1.68 bits per heavy atom. The number of carbonyl (C=O) groups is 1. The molecule has 1 aliphatic rings. The third-order valence-electron chi connectivity index (χ3n) is 4.64. The molecule has 8 heteroatoms. The first-order valence-corrected chi connectivity index (χ1v) is 10.9. The summed E-state index contributed by atoms with van der Waals surface area (Å²) in [6.45, 7) is 3.61. The number of carbonyl (C=O) groups excluding carboxylic acids is 1. The van der Waals surface area contributed by atoms with E-state index in [4.69, 9.17) is 0 Å². The summed E-state index contributed by atoms with van der Waals surface area (Å²) in [5.74, 6) is -1.95. The lowest BCUT2D eigenvalue weighted by Crippen LogP contribution is -2.29. The highest BCUT2D eigenvalue weighted by atomic mass is 32.2. The van der Waals surface area contributed by atoms with E-state index in [9.17, 15) is 17.6 Å². The Morgan fingerprint density at radius 3 is 2.32 bits per heavy atom. The van der Waals surface area contributed by atoms with Crippen LogP contribution in [0, 0.1) is 12.7 Å². The molecule has 1 aliphatic heterocycles. The molecule has 1 amide bonds. The molecule has 2 aromatic rings. The maximum atomic E-state index is 13.5. The minimum atomic E-state index is -3.88. The van der Waals surface area contributed by atoms with Crippen LogP contribution in [0.25, 0.3) is 0 Å². The number of anilines is 3. The van der Waals surface area contributed by atoms with Crippen molar-refractivity contribution in [2.45, 2.75) is 26.2 Å². The Labute approximate surface area is 164 Å². The zero-order valence-electron chi connectivity index (χ0n) is 15.7. The molecule has 1 saturated heterocycles. The fourth-order valence-corrected chi connectivity index (χ4v) is 4.13. The van der Waals surface area contributed by atoms with Crippen LogP contribution in [-0.4, -0.2) is 33.2 Å². The molecule has 0 bridgehead atoms. The Hall–Kier alpha value is -2.61. The van der Waals surface area contributed by atoms with E-state index in [0.29, 0.717) is 11.3 Å². The van der Waals surface area contributed by atoms with Crippen LogP contribution in [0.5, 0.6) is 0 Å². The lowest BCUT2D eigenvalue weighted by atomic mass is 10.1. The summed E-state index contributed by atoms with van der Waals surface area (Å²) < 4.78 is 40.4. The summed E-state index contributed by atoms with van der Waals surface area (Å²) in [7, 11) is -3.88. The summed E-state index contributed by atoms with van der Waals surface area (Å²) >= 11 is 0. The lowest BCUT2D eigenvalue weighted by Gasteiger charge is -2.28. The molecule has 0 saturated carbocycles. The van der Waals surface area contributed by atoms with Crippen molar-refractivity contribution >= 4 is 33.0 Å². The third kappa shape index (κ3) is 5.45. The number of benzene rings is 2. The quantitative estimate of drug-likeness (QED) is 0.771. The summed E-state index contributed by atoms with van der Waals surface area (Å²) in [5.41, 5.74) is 2.12. The number of piperidine rings is 1. The number of hydrogen-bond acceptors (Lipinski definition) is 4. The molecule has 6 nitrogen and oxygen atoms in total. The molecular weight excluding hydrogens is 381 g/mol. The van der Waals surface area contributed by atoms with Crippen LogP contribution < -0.4 is 14.9 Å². The number of nitrogens with zero attached hydrogens (tertiary/aromatic N) is 1. The number of nitrogens with one attached hydrogen (secondary N) is 2. The van der Waals surface area contributed by atoms with Gasteiger partial charge in [0.05, 0.1) is 0 Å². The Kier molecular flexibility index (Phi) is 6.18. The molecule has 0 atom stereocenters. The number of halogens is 1. The van der Waals surface area contributed by atoms with Gasteiger partial charge in [-0.2, -0.15) is 0 Å². The Balaban J connectivity index is 1.58. The van der Waals surface area contributed by atoms with Crippen LogP contribution in [0.4, 0.5) is 21.5 Å². The summed E-state index contributed by atoms with van der Waals surface area (Å²) in [4.78, 5) is 14.3. The molecule has 28 heavy (non-hydrogen) atoms. The topological polar surface area (TPSA) is 78.5 Å². The van der Waals surface area contributed by atoms with E-state index >= 15 is 0 Å². The van der Waals surface area contributed by atoms with Gasteiger partial charge in [0, 0.05) is 30.2 Å². The van der Waals surface area contributed by atoms with Gasteiger partial charge in [0.2, 0.25) is 15.9 Å². The summed E-state index contributed by atoms with van der Waals surface area (Å²) in [5, 5.41) is 2.40. The van der Waals surface area contributed by atoms with Gasteiger partial charge in [-0.1, -0.05) is 6.07 Å². The highest BCUT2D eigenvalue weighted by Crippen LogP contribution is 2.22. The Morgan fingerprint density at radius 1 is 1.04 bits per heavy atom. The van der Waals surface area contributed by atoms with Gasteiger partial charge < -0.3 is 10.2 Å². The van der Waals surface area contributed by atoms with Crippen LogP contribution in [0.15, 0.2) is 42.5 Å². The molecule has 3 rings (SSSR count). The van der Waals surface area contributed by atoms with Gasteiger partial charge in [0.15, 0.2) is 0 Å². The van der Waals surface area contributed by atoms with Gasteiger partial charge in [0.25, 0.3) is 0 Å². The van der Waals surface area contributed by atoms with E-state index < -0.39 is 27.5 Å². The first-order chi connectivity index (χ1) is 13.3. The average Bonchev–Trinajstić information content (AvgIpc) is 2.65. The van der Waals surface area contributed by atoms with Crippen LogP contribution in [0.2, 0.25) is 0 Å². The standard InChI is InChI=1S/C20H24FN3O3S/c1-15-5-6-17(13-19(15)21)22-20(25)14-28(26,27)23-16-7-9-18(10-8-16)24-11-3-2-4-12-24/h5-10,13,23H,2-4,11-12,14H2,1H3,(H,22,25). The zero-order chi connectivity index (χ0) is 20.1. The third-order valence-corrected chi connectivity index (χ3v) is 5.83. The van der Waals surface area contributed by atoms with Crippen molar-refractivity contribution in [1.82, 2.24) is 0 Å². The molecule has 1 heterocycles. The maximum absolute atomic E-state index is 13.5. The maximum Gasteiger partial charge on any atom is 0.241 e. The van der Waals surface area contributed by atoms with Gasteiger partial charge in [-0.3, -0.25) is 9.52 Å². The smallest absolute Gasteiger partial charge is 0.241 e. The van der Waals surface area contributed by atoms with Crippen LogP contribution in [0.3, 0.4) is 0 Å². The number of sulfonamides is 1. The van der Waals surface area contributed by atoms with E-state index in [2.05, 4.69) is 14.9 Å². The molecule has 0 radical (unpaired) electrons. The van der Waals surface area contributed by atoms with Crippen molar-refractivity contribution in [2.24, 2.45) is 0 Å². The van der Waals surface area contributed by atoms with Crippen molar-refractivity contribution in [1.29, 1.82) is 0 Å². The van der Waals surface area contributed by atoms with E-state index in [1.165, 1.54) is 18.6 Å². The largest absolute Gasteiger partial charge is 0.372 e. The fraction of sp³-hybridized carbons (Fsp3) is 0.350. The normalized spacial score (nSPS) is 14.6. The van der Waals surface area contributed by atoms with Crippen molar-refractivity contribution in [3.05, 3.63) is 53.8 Å². The second-order valence-corrected chi connectivity index (χ2v) is 8.69. The Bertz CT molecular complexity index is 940. The zero-order valence-corrected chi connectivity index (χ0v) is 16.6. The molecular formula is C20H24FN3O3S. The van der Waals surface area contributed by atoms with Crippen molar-refractivity contribution in [3.8, 4) is 0 Å². The second kappa shape index (κ2) is 8.60. The van der Waals surface area contributed by atoms with Crippen LogP contribution >= 0.6 is 0 Å². The minimum Gasteiger partial charge on any atom is -0.372 e. The molecule has 150 valence electrons. The van der Waals surface area contributed by atoms with Crippen LogP contribution in [-0.2, 0) is 14.8 Å². The van der Waals surface area contributed by atoms with Gasteiger partial charge in [-0.25, -0.2) is 12.8 Å². The SMILES string of the molecule is Cc1ccc(NC(=O)CS(=O)(=O)Nc2ccc(N3CCCCC3)cc2)cc1F.